The molecule has 0 fully saturated rings. The highest BCUT2D eigenvalue weighted by Gasteiger charge is 2.13. The average molecular weight is 366 g/mol. The highest BCUT2D eigenvalue weighted by Crippen LogP contribution is 2.26. The first-order valence-corrected chi connectivity index (χ1v) is 9.77. The molecule has 7 heteroatoms. The summed E-state index contributed by atoms with van der Waals surface area (Å²) in [4.78, 5) is 2.25. The summed E-state index contributed by atoms with van der Waals surface area (Å²) in [5.41, 5.74) is 3.67. The van der Waals surface area contributed by atoms with E-state index in [9.17, 15) is 13.7 Å². The number of hydrogen-bond donors (Lipinski definition) is 0. The van der Waals surface area contributed by atoms with Gasteiger partial charge in [-0.25, -0.2) is 13.1 Å². The Morgan fingerprint density at radius 2 is 1.65 bits per heavy atom. The lowest BCUT2D eigenvalue weighted by molar-refractivity contribution is 0.602. The Labute approximate surface area is 152 Å². The summed E-state index contributed by atoms with van der Waals surface area (Å²) in [7, 11) is 0.672. The molecule has 0 radical (unpaired) electrons. The topological polar surface area (TPSA) is 79.0 Å². The van der Waals surface area contributed by atoms with Gasteiger partial charge in [0.2, 0.25) is 0 Å². The van der Waals surface area contributed by atoms with Crippen LogP contribution in [0.5, 0.6) is 0 Å². The summed E-state index contributed by atoms with van der Waals surface area (Å²) in [5, 5.41) is 13.6. The molecule has 0 unspecified atom stereocenters. The van der Waals surface area contributed by atoms with Crippen LogP contribution in [-0.2, 0) is 9.84 Å². The van der Waals surface area contributed by atoms with Crippen molar-refractivity contribution in [2.24, 2.45) is 0 Å². The third-order valence-electron chi connectivity index (χ3n) is 4.01. The summed E-state index contributed by atoms with van der Waals surface area (Å²) in [6, 6.07) is 18.1. The van der Waals surface area contributed by atoms with Gasteiger partial charge in [0.25, 0.3) is 0 Å². The fourth-order valence-electron chi connectivity index (χ4n) is 2.60. The van der Waals surface area contributed by atoms with Crippen molar-refractivity contribution in [3.05, 3.63) is 60.3 Å². The number of nitriles is 1. The fourth-order valence-corrected chi connectivity index (χ4v) is 3.23. The fraction of sp³-hybridized carbons (Fsp3) is 0.158. The van der Waals surface area contributed by atoms with E-state index in [4.69, 9.17) is 0 Å². The van der Waals surface area contributed by atoms with Gasteiger partial charge in [-0.15, -0.1) is 0 Å². The first kappa shape index (κ1) is 17.7. The molecule has 0 atom stereocenters. The van der Waals surface area contributed by atoms with Gasteiger partial charge in [-0.3, -0.25) is 0 Å². The summed E-state index contributed by atoms with van der Waals surface area (Å²) >= 11 is 0. The van der Waals surface area contributed by atoms with Crippen LogP contribution in [0.2, 0.25) is 0 Å². The number of aromatic nitrogens is 2. The van der Waals surface area contributed by atoms with E-state index < -0.39 is 9.84 Å². The SMILES string of the molecule is CN(C)c1ccc(-n2nc(C#N)cc2-c2ccc(S(C)(=O)=O)cc2)cc1. The minimum atomic E-state index is -3.26. The van der Waals surface area contributed by atoms with E-state index in [-0.39, 0.29) is 4.90 Å². The Morgan fingerprint density at radius 3 is 2.15 bits per heavy atom. The summed E-state index contributed by atoms with van der Waals surface area (Å²) < 4.78 is 25.0. The van der Waals surface area contributed by atoms with Crippen molar-refractivity contribution in [1.82, 2.24) is 9.78 Å². The van der Waals surface area contributed by atoms with Crippen LogP contribution >= 0.6 is 0 Å². The second-order valence-corrected chi connectivity index (χ2v) is 8.16. The Morgan fingerprint density at radius 1 is 1.04 bits per heavy atom. The molecule has 2 aromatic carbocycles. The van der Waals surface area contributed by atoms with Gasteiger partial charge in [0, 0.05) is 37.7 Å². The first-order chi connectivity index (χ1) is 12.3. The highest BCUT2D eigenvalue weighted by atomic mass is 32.2. The maximum absolute atomic E-state index is 11.6. The molecule has 0 saturated heterocycles. The second-order valence-electron chi connectivity index (χ2n) is 6.15. The molecule has 132 valence electrons. The zero-order chi connectivity index (χ0) is 18.9. The van der Waals surface area contributed by atoms with E-state index in [1.807, 2.05) is 43.3 Å². The van der Waals surface area contributed by atoms with E-state index in [2.05, 4.69) is 11.2 Å². The minimum Gasteiger partial charge on any atom is -0.378 e. The molecule has 3 aromatic rings. The van der Waals surface area contributed by atoms with Gasteiger partial charge >= 0.3 is 0 Å². The lowest BCUT2D eigenvalue weighted by Gasteiger charge is -2.13. The Kier molecular flexibility index (Phi) is 4.53. The zero-order valence-corrected chi connectivity index (χ0v) is 15.5. The molecular weight excluding hydrogens is 348 g/mol. The molecule has 3 rings (SSSR count). The number of sulfone groups is 1. The number of nitrogens with zero attached hydrogens (tertiary/aromatic N) is 4. The number of hydrogen-bond acceptors (Lipinski definition) is 5. The van der Waals surface area contributed by atoms with Gasteiger partial charge in [0.1, 0.15) is 6.07 Å². The van der Waals surface area contributed by atoms with Crippen LogP contribution in [0.15, 0.2) is 59.5 Å². The van der Waals surface area contributed by atoms with Gasteiger partial charge in [0.05, 0.1) is 16.3 Å². The molecule has 0 amide bonds. The summed E-state index contributed by atoms with van der Waals surface area (Å²) in [6.07, 6.45) is 1.17. The van der Waals surface area contributed by atoms with Crippen LogP contribution in [-0.4, -0.2) is 38.5 Å². The molecule has 0 bridgehead atoms. The maximum Gasteiger partial charge on any atom is 0.175 e. The lowest BCUT2D eigenvalue weighted by Crippen LogP contribution is -2.08. The smallest absolute Gasteiger partial charge is 0.175 e. The maximum atomic E-state index is 11.6. The van der Waals surface area contributed by atoms with Crippen molar-refractivity contribution in [3.8, 4) is 23.0 Å². The predicted octanol–water partition coefficient (Wildman–Crippen LogP) is 2.88. The third-order valence-corrected chi connectivity index (χ3v) is 5.14. The van der Waals surface area contributed by atoms with Crippen molar-refractivity contribution in [2.75, 3.05) is 25.3 Å². The van der Waals surface area contributed by atoms with Crippen LogP contribution < -0.4 is 4.90 Å². The summed E-state index contributed by atoms with van der Waals surface area (Å²) in [6.45, 7) is 0. The second kappa shape index (κ2) is 6.65. The van der Waals surface area contributed by atoms with Crippen LogP contribution in [0.4, 0.5) is 5.69 Å². The van der Waals surface area contributed by atoms with E-state index in [1.165, 1.54) is 6.26 Å². The van der Waals surface area contributed by atoms with Crippen LogP contribution in [0.3, 0.4) is 0 Å². The van der Waals surface area contributed by atoms with Gasteiger partial charge in [0.15, 0.2) is 15.5 Å². The Bertz CT molecular complexity index is 1070. The molecule has 0 N–H and O–H groups in total. The molecule has 0 saturated carbocycles. The largest absolute Gasteiger partial charge is 0.378 e. The molecule has 0 spiro atoms. The van der Waals surface area contributed by atoms with Gasteiger partial charge < -0.3 is 4.90 Å². The predicted molar refractivity (Wildman–Crippen MR) is 101 cm³/mol. The quantitative estimate of drug-likeness (QED) is 0.709. The lowest BCUT2D eigenvalue weighted by atomic mass is 10.1. The normalized spacial score (nSPS) is 11.2. The molecule has 6 nitrogen and oxygen atoms in total. The molecular formula is C19H18N4O2S. The monoisotopic (exact) mass is 366 g/mol. The third kappa shape index (κ3) is 3.46. The molecule has 1 heterocycles. The number of rotatable bonds is 4. The van der Waals surface area contributed by atoms with Crippen molar-refractivity contribution in [3.63, 3.8) is 0 Å². The molecule has 0 aliphatic rings. The first-order valence-electron chi connectivity index (χ1n) is 7.88. The molecule has 0 aliphatic carbocycles. The van der Waals surface area contributed by atoms with Gasteiger partial charge in [-0.1, -0.05) is 12.1 Å². The van der Waals surface area contributed by atoms with E-state index >= 15 is 0 Å². The van der Waals surface area contributed by atoms with Crippen molar-refractivity contribution < 1.29 is 8.42 Å². The molecule has 1 aromatic heterocycles. The van der Waals surface area contributed by atoms with E-state index in [0.29, 0.717) is 5.69 Å². The highest BCUT2D eigenvalue weighted by molar-refractivity contribution is 7.90. The Hall–Kier alpha value is -3.11. The van der Waals surface area contributed by atoms with Gasteiger partial charge in [-0.2, -0.15) is 10.4 Å². The van der Waals surface area contributed by atoms with Crippen molar-refractivity contribution in [1.29, 1.82) is 5.26 Å². The Balaban J connectivity index is 2.08. The number of benzene rings is 2. The van der Waals surface area contributed by atoms with E-state index in [0.717, 1.165) is 22.6 Å². The minimum absolute atomic E-state index is 0.253. The van der Waals surface area contributed by atoms with Crippen LogP contribution in [0.1, 0.15) is 5.69 Å². The molecule has 26 heavy (non-hydrogen) atoms. The summed E-state index contributed by atoms with van der Waals surface area (Å²) in [5.74, 6) is 0. The number of anilines is 1. The van der Waals surface area contributed by atoms with Crippen LogP contribution in [0.25, 0.3) is 16.9 Å². The van der Waals surface area contributed by atoms with Crippen molar-refractivity contribution >= 4 is 15.5 Å². The standard InChI is InChI=1S/C19H18N4O2S/c1-22(2)16-6-8-17(9-7-16)23-19(12-15(13-20)21-23)14-4-10-18(11-5-14)26(3,24)25/h4-12H,1-3H3. The van der Waals surface area contributed by atoms with Crippen molar-refractivity contribution in [2.45, 2.75) is 4.90 Å². The molecule has 0 aliphatic heterocycles. The van der Waals surface area contributed by atoms with Crippen LogP contribution in [0, 0.1) is 11.3 Å². The zero-order valence-electron chi connectivity index (χ0n) is 14.7. The van der Waals surface area contributed by atoms with Gasteiger partial charge in [-0.05, 0) is 36.4 Å². The average Bonchev–Trinajstić information content (AvgIpc) is 3.05. The van der Waals surface area contributed by atoms with E-state index in [1.54, 1.807) is 35.0 Å².